The second-order valence-electron chi connectivity index (χ2n) is 4.77. The second-order valence-corrected chi connectivity index (χ2v) is 4.77. The van der Waals surface area contributed by atoms with Gasteiger partial charge in [-0.3, -0.25) is 0 Å². The van der Waals surface area contributed by atoms with Gasteiger partial charge in [0, 0.05) is 17.0 Å². The summed E-state index contributed by atoms with van der Waals surface area (Å²) in [5.41, 5.74) is 3.38. The molecule has 2 atom stereocenters. The Hall–Kier alpha value is -1.71. The van der Waals surface area contributed by atoms with Crippen molar-refractivity contribution in [3.63, 3.8) is 0 Å². The van der Waals surface area contributed by atoms with Crippen LogP contribution in [0.5, 0.6) is 11.5 Å². The molecule has 2 aliphatic rings. The molecule has 0 N–H and O–H groups in total. The zero-order valence-corrected chi connectivity index (χ0v) is 10.9. The maximum atomic E-state index is 5.59. The van der Waals surface area contributed by atoms with Gasteiger partial charge in [0.15, 0.2) is 6.10 Å². The Morgan fingerprint density at radius 3 is 2.67 bits per heavy atom. The first kappa shape index (κ1) is 11.4. The SMILES string of the molecule is COc1ccc(OC)c2c1CCC1C(C)=NOC21. The fraction of sp³-hybridized carbons (Fsp3) is 0.500. The molecule has 1 aromatic rings. The van der Waals surface area contributed by atoms with Gasteiger partial charge in [0.2, 0.25) is 0 Å². The van der Waals surface area contributed by atoms with Crippen LogP contribution < -0.4 is 9.47 Å². The minimum absolute atomic E-state index is 0.0150. The van der Waals surface area contributed by atoms with Gasteiger partial charge in [-0.2, -0.15) is 0 Å². The summed E-state index contributed by atoms with van der Waals surface area (Å²) >= 11 is 0. The third-order valence-electron chi connectivity index (χ3n) is 3.92. The Kier molecular flexibility index (Phi) is 2.65. The summed E-state index contributed by atoms with van der Waals surface area (Å²) in [6.45, 7) is 2.03. The number of oxime groups is 1. The number of benzene rings is 1. The lowest BCUT2D eigenvalue weighted by Gasteiger charge is -2.29. The Morgan fingerprint density at radius 2 is 1.94 bits per heavy atom. The fourth-order valence-electron chi connectivity index (χ4n) is 2.98. The minimum atomic E-state index is -0.0150. The molecule has 1 aliphatic heterocycles. The van der Waals surface area contributed by atoms with Crippen LogP contribution in [0, 0.1) is 5.92 Å². The third-order valence-corrected chi connectivity index (χ3v) is 3.92. The summed E-state index contributed by atoms with van der Waals surface area (Å²) in [6.07, 6.45) is 2.02. The van der Waals surface area contributed by atoms with Crippen molar-refractivity contribution in [1.29, 1.82) is 0 Å². The summed E-state index contributed by atoms with van der Waals surface area (Å²) in [4.78, 5) is 5.59. The molecule has 0 radical (unpaired) electrons. The largest absolute Gasteiger partial charge is 0.496 e. The van der Waals surface area contributed by atoms with E-state index in [1.165, 1.54) is 5.56 Å². The smallest absolute Gasteiger partial charge is 0.164 e. The molecule has 0 amide bonds. The van der Waals surface area contributed by atoms with Crippen LogP contribution >= 0.6 is 0 Å². The summed E-state index contributed by atoms with van der Waals surface area (Å²) < 4.78 is 10.9. The summed E-state index contributed by atoms with van der Waals surface area (Å²) in [5.74, 6) is 2.15. The number of nitrogens with zero attached hydrogens (tertiary/aromatic N) is 1. The van der Waals surface area contributed by atoms with Crippen molar-refractivity contribution in [2.45, 2.75) is 25.9 Å². The van der Waals surface area contributed by atoms with Gasteiger partial charge < -0.3 is 14.3 Å². The van der Waals surface area contributed by atoms with E-state index in [4.69, 9.17) is 14.3 Å². The van der Waals surface area contributed by atoms with Crippen LogP contribution in [-0.2, 0) is 11.3 Å². The van der Waals surface area contributed by atoms with E-state index >= 15 is 0 Å². The average molecular weight is 247 g/mol. The molecule has 96 valence electrons. The normalized spacial score (nSPS) is 24.7. The van der Waals surface area contributed by atoms with E-state index in [-0.39, 0.29) is 6.10 Å². The quantitative estimate of drug-likeness (QED) is 0.806. The van der Waals surface area contributed by atoms with Crippen molar-refractivity contribution in [2.75, 3.05) is 14.2 Å². The molecule has 4 nitrogen and oxygen atoms in total. The zero-order valence-electron chi connectivity index (χ0n) is 10.9. The molecular formula is C14H17NO3. The van der Waals surface area contributed by atoms with Gasteiger partial charge in [0.1, 0.15) is 11.5 Å². The molecular weight excluding hydrogens is 230 g/mol. The van der Waals surface area contributed by atoms with Gasteiger partial charge in [0.05, 0.1) is 19.9 Å². The first-order valence-corrected chi connectivity index (χ1v) is 6.20. The number of hydrogen-bond acceptors (Lipinski definition) is 4. The molecule has 0 spiro atoms. The van der Waals surface area contributed by atoms with Crippen LogP contribution in [0.4, 0.5) is 0 Å². The summed E-state index contributed by atoms with van der Waals surface area (Å²) in [6, 6.07) is 3.90. The van der Waals surface area contributed by atoms with Gasteiger partial charge in [0.25, 0.3) is 0 Å². The molecule has 18 heavy (non-hydrogen) atoms. The molecule has 0 aromatic heterocycles. The molecule has 2 unspecified atom stereocenters. The van der Waals surface area contributed by atoms with Crippen molar-refractivity contribution in [2.24, 2.45) is 11.1 Å². The topological polar surface area (TPSA) is 40.0 Å². The third kappa shape index (κ3) is 1.48. The van der Waals surface area contributed by atoms with Gasteiger partial charge in [-0.05, 0) is 31.9 Å². The Bertz CT molecular complexity index is 510. The molecule has 0 saturated carbocycles. The molecule has 1 aliphatic carbocycles. The van der Waals surface area contributed by atoms with Gasteiger partial charge in [-0.15, -0.1) is 0 Å². The number of rotatable bonds is 2. The Balaban J connectivity index is 2.13. The van der Waals surface area contributed by atoms with Crippen molar-refractivity contribution >= 4 is 5.71 Å². The van der Waals surface area contributed by atoms with Crippen LogP contribution in [0.15, 0.2) is 17.3 Å². The maximum Gasteiger partial charge on any atom is 0.164 e. The van der Waals surface area contributed by atoms with Crippen molar-refractivity contribution in [1.82, 2.24) is 0 Å². The van der Waals surface area contributed by atoms with Crippen molar-refractivity contribution in [3.8, 4) is 11.5 Å². The number of ether oxygens (including phenoxy) is 2. The molecule has 0 saturated heterocycles. The van der Waals surface area contributed by atoms with Crippen molar-refractivity contribution < 1.29 is 14.3 Å². The highest BCUT2D eigenvalue weighted by Crippen LogP contribution is 2.48. The average Bonchev–Trinajstić information content (AvgIpc) is 2.79. The minimum Gasteiger partial charge on any atom is -0.496 e. The Morgan fingerprint density at radius 1 is 1.22 bits per heavy atom. The molecule has 4 heteroatoms. The molecule has 3 rings (SSSR count). The van der Waals surface area contributed by atoms with Crippen molar-refractivity contribution in [3.05, 3.63) is 23.3 Å². The predicted molar refractivity (Wildman–Crippen MR) is 68.3 cm³/mol. The Labute approximate surface area is 107 Å². The van der Waals surface area contributed by atoms with Crippen LogP contribution in [0.3, 0.4) is 0 Å². The first-order chi connectivity index (χ1) is 8.76. The number of hydrogen-bond donors (Lipinski definition) is 0. The highest BCUT2D eigenvalue weighted by atomic mass is 16.6. The zero-order chi connectivity index (χ0) is 12.7. The van der Waals surface area contributed by atoms with Gasteiger partial charge in [-0.1, -0.05) is 5.16 Å². The lowest BCUT2D eigenvalue weighted by molar-refractivity contribution is 0.0518. The van der Waals surface area contributed by atoms with E-state index < -0.39 is 0 Å². The summed E-state index contributed by atoms with van der Waals surface area (Å²) in [5, 5.41) is 4.13. The maximum absolute atomic E-state index is 5.59. The lowest BCUT2D eigenvalue weighted by atomic mass is 9.79. The number of fused-ring (bicyclic) bond motifs is 3. The first-order valence-electron chi connectivity index (χ1n) is 6.20. The van der Waals surface area contributed by atoms with E-state index in [0.29, 0.717) is 5.92 Å². The van der Waals surface area contributed by atoms with E-state index in [1.54, 1.807) is 14.2 Å². The van der Waals surface area contributed by atoms with Crippen LogP contribution in [0.2, 0.25) is 0 Å². The highest BCUT2D eigenvalue weighted by molar-refractivity contribution is 5.86. The molecule has 0 bridgehead atoms. The number of methoxy groups -OCH3 is 2. The standard InChI is InChI=1S/C14H17NO3/c1-8-9-4-5-10-11(16-2)6-7-12(17-3)13(10)14(9)18-15-8/h6-7,9,14H,4-5H2,1-3H3. The fourth-order valence-corrected chi connectivity index (χ4v) is 2.98. The van der Waals surface area contributed by atoms with Gasteiger partial charge in [-0.25, -0.2) is 0 Å². The highest BCUT2D eigenvalue weighted by Gasteiger charge is 2.40. The van der Waals surface area contributed by atoms with E-state index in [9.17, 15) is 0 Å². The monoisotopic (exact) mass is 247 g/mol. The molecule has 0 fully saturated rings. The van der Waals surface area contributed by atoms with E-state index in [0.717, 1.165) is 35.6 Å². The van der Waals surface area contributed by atoms with Gasteiger partial charge >= 0.3 is 0 Å². The summed E-state index contributed by atoms with van der Waals surface area (Å²) in [7, 11) is 3.39. The second kappa shape index (κ2) is 4.19. The predicted octanol–water partition coefficient (Wildman–Crippen LogP) is 2.71. The van der Waals surface area contributed by atoms with E-state index in [1.807, 2.05) is 19.1 Å². The van der Waals surface area contributed by atoms with E-state index in [2.05, 4.69) is 5.16 Å². The van der Waals surface area contributed by atoms with Crippen LogP contribution in [0.1, 0.15) is 30.6 Å². The lowest BCUT2D eigenvalue weighted by Crippen LogP contribution is -2.23. The van der Waals surface area contributed by atoms with Crippen LogP contribution in [-0.4, -0.2) is 19.9 Å². The van der Waals surface area contributed by atoms with Crippen LogP contribution in [0.25, 0.3) is 0 Å². The molecule has 1 aromatic carbocycles. The molecule has 1 heterocycles.